The van der Waals surface area contributed by atoms with Crippen LogP contribution < -0.4 is 5.73 Å². The zero-order chi connectivity index (χ0) is 15.2. The molecule has 2 aromatic rings. The average molecular weight is 297 g/mol. The maximum Gasteiger partial charge on any atom is 0.181 e. The molecule has 2 aromatic heterocycles. The van der Waals surface area contributed by atoms with Gasteiger partial charge in [0.15, 0.2) is 23.4 Å². The lowest BCUT2D eigenvalue weighted by Gasteiger charge is -2.24. The summed E-state index contributed by atoms with van der Waals surface area (Å²) < 4.78 is 26.8. The molecule has 0 aliphatic carbocycles. The van der Waals surface area contributed by atoms with Gasteiger partial charge in [0.2, 0.25) is 0 Å². The summed E-state index contributed by atoms with van der Waals surface area (Å²) in [7, 11) is 1.46. The number of halogens is 1. The van der Waals surface area contributed by atoms with E-state index in [4.69, 9.17) is 15.2 Å². The summed E-state index contributed by atoms with van der Waals surface area (Å²) in [6, 6.07) is 0. The number of hydrogen-bond acceptors (Lipinski definition) is 7. The molecule has 3 heterocycles. The number of nitrogen functional groups attached to an aromatic ring is 1. The second-order valence-electron chi connectivity index (χ2n) is 5.16. The van der Waals surface area contributed by atoms with Gasteiger partial charge in [-0.25, -0.2) is 19.3 Å². The Morgan fingerprint density at radius 3 is 3.00 bits per heavy atom. The highest BCUT2D eigenvalue weighted by Crippen LogP contribution is 2.42. The number of anilines is 1. The SMILES string of the molecule is COC[C@H]1O[C@@H](n2cnc3c(N)ncnc32)[C@](C)(F)[C@@H]1O. The third-order valence-corrected chi connectivity index (χ3v) is 3.69. The molecule has 3 N–H and O–H groups in total. The zero-order valence-corrected chi connectivity index (χ0v) is 11.6. The van der Waals surface area contributed by atoms with Crippen LogP contribution in [0.3, 0.4) is 0 Å². The predicted molar refractivity (Wildman–Crippen MR) is 71.0 cm³/mol. The third-order valence-electron chi connectivity index (χ3n) is 3.69. The molecule has 4 atom stereocenters. The summed E-state index contributed by atoms with van der Waals surface area (Å²) in [4.78, 5) is 12.0. The van der Waals surface area contributed by atoms with Crippen LogP contribution in [0.2, 0.25) is 0 Å². The normalized spacial score (nSPS) is 32.9. The summed E-state index contributed by atoms with van der Waals surface area (Å²) in [5, 5.41) is 10.1. The minimum atomic E-state index is -2.02. The van der Waals surface area contributed by atoms with Crippen molar-refractivity contribution in [2.45, 2.75) is 31.0 Å². The van der Waals surface area contributed by atoms with Gasteiger partial charge in [-0.3, -0.25) is 4.57 Å². The van der Waals surface area contributed by atoms with Gasteiger partial charge in [-0.05, 0) is 6.92 Å². The molecule has 21 heavy (non-hydrogen) atoms. The van der Waals surface area contributed by atoms with Crippen molar-refractivity contribution in [2.24, 2.45) is 0 Å². The maximum absolute atomic E-state index is 14.9. The molecule has 0 bridgehead atoms. The van der Waals surface area contributed by atoms with Crippen molar-refractivity contribution >= 4 is 17.0 Å². The number of methoxy groups -OCH3 is 1. The number of rotatable bonds is 3. The maximum atomic E-state index is 14.9. The number of aliphatic hydroxyl groups is 1. The highest BCUT2D eigenvalue weighted by Gasteiger charge is 2.55. The molecular weight excluding hydrogens is 281 g/mol. The molecule has 0 saturated carbocycles. The van der Waals surface area contributed by atoms with E-state index in [1.807, 2.05) is 0 Å². The first kappa shape index (κ1) is 14.1. The van der Waals surface area contributed by atoms with Crippen LogP contribution in [-0.4, -0.2) is 56.2 Å². The lowest BCUT2D eigenvalue weighted by molar-refractivity contribution is -0.0621. The van der Waals surface area contributed by atoms with Crippen molar-refractivity contribution in [3.8, 4) is 0 Å². The fourth-order valence-electron chi connectivity index (χ4n) is 2.56. The quantitative estimate of drug-likeness (QED) is 0.823. The van der Waals surface area contributed by atoms with E-state index in [-0.39, 0.29) is 12.4 Å². The van der Waals surface area contributed by atoms with E-state index >= 15 is 0 Å². The molecule has 1 saturated heterocycles. The van der Waals surface area contributed by atoms with Crippen molar-refractivity contribution in [3.05, 3.63) is 12.7 Å². The number of nitrogens with two attached hydrogens (primary N) is 1. The number of ether oxygens (including phenoxy) is 2. The molecular formula is C12H16FN5O3. The van der Waals surface area contributed by atoms with Crippen LogP contribution in [0, 0.1) is 0 Å². The number of nitrogens with zero attached hydrogens (tertiary/aromatic N) is 4. The first-order valence-corrected chi connectivity index (χ1v) is 6.41. The lowest BCUT2D eigenvalue weighted by atomic mass is 9.98. The number of aliphatic hydroxyl groups excluding tert-OH is 1. The van der Waals surface area contributed by atoms with Gasteiger partial charge >= 0.3 is 0 Å². The van der Waals surface area contributed by atoms with E-state index in [0.29, 0.717) is 11.2 Å². The molecule has 1 fully saturated rings. The molecule has 0 unspecified atom stereocenters. The molecule has 0 aromatic carbocycles. The summed E-state index contributed by atoms with van der Waals surface area (Å²) in [6.07, 6.45) is -0.526. The Balaban J connectivity index is 2.04. The van der Waals surface area contributed by atoms with Crippen LogP contribution >= 0.6 is 0 Å². The van der Waals surface area contributed by atoms with Gasteiger partial charge in [-0.1, -0.05) is 0 Å². The van der Waals surface area contributed by atoms with Gasteiger partial charge in [-0.15, -0.1) is 0 Å². The van der Waals surface area contributed by atoms with E-state index in [1.165, 1.54) is 31.3 Å². The summed E-state index contributed by atoms with van der Waals surface area (Å²) in [6.45, 7) is 1.36. The van der Waals surface area contributed by atoms with Crippen LogP contribution in [0.1, 0.15) is 13.2 Å². The van der Waals surface area contributed by atoms with E-state index in [2.05, 4.69) is 15.0 Å². The van der Waals surface area contributed by atoms with Gasteiger partial charge in [-0.2, -0.15) is 0 Å². The molecule has 3 rings (SSSR count). The number of aromatic nitrogens is 4. The lowest BCUT2D eigenvalue weighted by Crippen LogP contribution is -2.40. The highest BCUT2D eigenvalue weighted by atomic mass is 19.1. The Morgan fingerprint density at radius 2 is 2.29 bits per heavy atom. The van der Waals surface area contributed by atoms with Gasteiger partial charge in [0, 0.05) is 7.11 Å². The highest BCUT2D eigenvalue weighted by molar-refractivity contribution is 5.81. The van der Waals surface area contributed by atoms with E-state index < -0.39 is 24.1 Å². The minimum Gasteiger partial charge on any atom is -0.387 e. The summed E-state index contributed by atoms with van der Waals surface area (Å²) in [5.74, 6) is 0.200. The van der Waals surface area contributed by atoms with Crippen LogP contribution in [0.15, 0.2) is 12.7 Å². The van der Waals surface area contributed by atoms with Crippen molar-refractivity contribution < 1.29 is 19.0 Å². The Morgan fingerprint density at radius 1 is 1.52 bits per heavy atom. The van der Waals surface area contributed by atoms with Crippen LogP contribution in [0.5, 0.6) is 0 Å². The molecule has 9 heteroatoms. The number of fused-ring (bicyclic) bond motifs is 1. The Bertz CT molecular complexity index is 661. The number of hydrogen-bond donors (Lipinski definition) is 2. The largest absolute Gasteiger partial charge is 0.387 e. The molecule has 0 amide bonds. The second-order valence-corrected chi connectivity index (χ2v) is 5.16. The van der Waals surface area contributed by atoms with Crippen LogP contribution in [0.25, 0.3) is 11.2 Å². The second kappa shape index (κ2) is 4.86. The monoisotopic (exact) mass is 297 g/mol. The van der Waals surface area contributed by atoms with Crippen LogP contribution in [0.4, 0.5) is 10.2 Å². The molecule has 0 radical (unpaired) electrons. The number of alkyl halides is 1. The van der Waals surface area contributed by atoms with E-state index in [1.54, 1.807) is 0 Å². The zero-order valence-electron chi connectivity index (χ0n) is 11.6. The molecule has 8 nitrogen and oxygen atoms in total. The number of imidazole rings is 1. The fraction of sp³-hybridized carbons (Fsp3) is 0.583. The van der Waals surface area contributed by atoms with Gasteiger partial charge in [0.25, 0.3) is 0 Å². The molecule has 0 spiro atoms. The van der Waals surface area contributed by atoms with Crippen molar-refractivity contribution in [2.75, 3.05) is 19.5 Å². The van der Waals surface area contributed by atoms with Crippen molar-refractivity contribution in [1.29, 1.82) is 0 Å². The molecule has 1 aliphatic heterocycles. The van der Waals surface area contributed by atoms with Gasteiger partial charge in [0.1, 0.15) is 24.1 Å². The molecule has 1 aliphatic rings. The standard InChI is InChI=1S/C12H16FN5O3/c1-12(13)8(19)6(3-20-2)21-11(12)18-5-17-7-9(14)15-4-16-10(7)18/h4-6,8,11,19H,3H2,1-2H3,(H2,14,15,16)/t6-,8-,11-,12-/m1/s1. The Hall–Kier alpha value is -1.84. The predicted octanol–water partition coefficient (Wildman–Crippen LogP) is 0.0414. The van der Waals surface area contributed by atoms with E-state index in [0.717, 1.165) is 0 Å². The Kier molecular flexibility index (Phi) is 3.27. The summed E-state index contributed by atoms with van der Waals surface area (Å²) in [5.41, 5.74) is 4.40. The summed E-state index contributed by atoms with van der Waals surface area (Å²) >= 11 is 0. The van der Waals surface area contributed by atoms with Crippen molar-refractivity contribution in [3.63, 3.8) is 0 Å². The van der Waals surface area contributed by atoms with Gasteiger partial charge in [0.05, 0.1) is 12.9 Å². The minimum absolute atomic E-state index is 0.0843. The smallest absolute Gasteiger partial charge is 0.181 e. The first-order valence-electron chi connectivity index (χ1n) is 6.41. The van der Waals surface area contributed by atoms with E-state index in [9.17, 15) is 9.50 Å². The first-order chi connectivity index (χ1) is 9.96. The average Bonchev–Trinajstić information content (AvgIpc) is 2.95. The van der Waals surface area contributed by atoms with Gasteiger partial charge < -0.3 is 20.3 Å². The Labute approximate surface area is 119 Å². The van der Waals surface area contributed by atoms with Crippen LogP contribution in [-0.2, 0) is 9.47 Å². The fourth-order valence-corrected chi connectivity index (χ4v) is 2.56. The topological polar surface area (TPSA) is 108 Å². The third kappa shape index (κ3) is 2.04. The van der Waals surface area contributed by atoms with Crippen molar-refractivity contribution in [1.82, 2.24) is 19.5 Å². The molecule has 114 valence electrons.